The predicted molar refractivity (Wildman–Crippen MR) is 84.5 cm³/mol. The summed E-state index contributed by atoms with van der Waals surface area (Å²) in [5, 5.41) is 10.1. The van der Waals surface area contributed by atoms with Crippen molar-refractivity contribution >= 4 is 5.97 Å². The maximum atomic E-state index is 10.1. The SMILES string of the molecule is CCCCCCCCCCCCCCCC=CC(=O)[O-].[K+]. The van der Waals surface area contributed by atoms with Gasteiger partial charge in [-0.05, 0) is 18.9 Å². The Kier molecular flexibility index (Phi) is 23.9. The third-order valence-electron chi connectivity index (χ3n) is 3.73. The molecular weight excluding hydrogens is 287 g/mol. The van der Waals surface area contributed by atoms with Gasteiger partial charge in [-0.3, -0.25) is 0 Å². The predicted octanol–water partition coefficient (Wildman–Crippen LogP) is 1.78. The summed E-state index contributed by atoms with van der Waals surface area (Å²) in [7, 11) is 0. The summed E-state index contributed by atoms with van der Waals surface area (Å²) in [4.78, 5) is 10.1. The van der Waals surface area contributed by atoms with Gasteiger partial charge in [0, 0.05) is 0 Å². The van der Waals surface area contributed by atoms with Gasteiger partial charge < -0.3 is 9.90 Å². The summed E-state index contributed by atoms with van der Waals surface area (Å²) in [6.45, 7) is 2.26. The average Bonchev–Trinajstić information content (AvgIpc) is 2.43. The minimum absolute atomic E-state index is 0. The molecule has 0 N–H and O–H groups in total. The first-order chi connectivity index (χ1) is 9.77. The number of unbranched alkanes of at least 4 members (excludes halogenated alkanes) is 13. The number of allylic oxidation sites excluding steroid dienone is 1. The van der Waals surface area contributed by atoms with Crippen LogP contribution in [-0.2, 0) is 4.79 Å². The van der Waals surface area contributed by atoms with E-state index in [2.05, 4.69) is 6.92 Å². The molecule has 0 aromatic rings. The second kappa shape index (κ2) is 20.8. The number of carboxylic acid groups (broad SMARTS) is 1. The summed E-state index contributed by atoms with van der Waals surface area (Å²) in [5.74, 6) is -1.08. The van der Waals surface area contributed by atoms with Crippen molar-refractivity contribution in [2.45, 2.75) is 96.8 Å². The Labute approximate surface area is 174 Å². The Morgan fingerprint density at radius 2 is 1.14 bits per heavy atom. The largest absolute Gasteiger partial charge is 1.00 e. The Bertz CT molecular complexity index is 239. The van der Waals surface area contributed by atoms with E-state index in [-0.39, 0.29) is 51.4 Å². The maximum Gasteiger partial charge on any atom is 1.00 e. The molecule has 0 bridgehead atoms. The zero-order valence-electron chi connectivity index (χ0n) is 14.4. The number of aliphatic carboxylic acids is 1. The van der Waals surface area contributed by atoms with Crippen molar-refractivity contribution in [3.8, 4) is 0 Å². The minimum Gasteiger partial charge on any atom is -0.545 e. The Balaban J connectivity index is 0. The number of hydrogen-bond donors (Lipinski definition) is 0. The van der Waals surface area contributed by atoms with Crippen molar-refractivity contribution in [2.75, 3.05) is 0 Å². The van der Waals surface area contributed by atoms with E-state index in [1.165, 1.54) is 77.0 Å². The number of hydrogen-bond acceptors (Lipinski definition) is 2. The van der Waals surface area contributed by atoms with Gasteiger partial charge in [-0.15, -0.1) is 0 Å². The first-order valence-electron chi connectivity index (χ1n) is 8.65. The van der Waals surface area contributed by atoms with Crippen molar-refractivity contribution in [2.24, 2.45) is 0 Å². The molecule has 0 saturated carbocycles. The molecule has 0 aromatic carbocycles. The van der Waals surface area contributed by atoms with E-state index in [1.54, 1.807) is 6.08 Å². The van der Waals surface area contributed by atoms with E-state index < -0.39 is 5.97 Å². The fraction of sp³-hybridized carbons (Fsp3) is 0.833. The van der Waals surface area contributed by atoms with Gasteiger partial charge in [0.25, 0.3) is 0 Å². The van der Waals surface area contributed by atoms with Crippen LogP contribution >= 0.6 is 0 Å². The van der Waals surface area contributed by atoms with E-state index in [0.717, 1.165) is 18.9 Å². The fourth-order valence-electron chi connectivity index (χ4n) is 2.46. The average molecular weight is 321 g/mol. The van der Waals surface area contributed by atoms with E-state index in [9.17, 15) is 9.90 Å². The summed E-state index contributed by atoms with van der Waals surface area (Å²) in [6, 6.07) is 0. The van der Waals surface area contributed by atoms with Crippen LogP contribution in [0.2, 0.25) is 0 Å². The third-order valence-corrected chi connectivity index (χ3v) is 3.73. The van der Waals surface area contributed by atoms with Gasteiger partial charge in [-0.2, -0.15) is 0 Å². The van der Waals surface area contributed by atoms with Crippen LogP contribution in [-0.4, -0.2) is 5.97 Å². The van der Waals surface area contributed by atoms with E-state index in [4.69, 9.17) is 0 Å². The van der Waals surface area contributed by atoms with Crippen LogP contribution in [0.1, 0.15) is 96.8 Å². The van der Waals surface area contributed by atoms with Crippen molar-refractivity contribution in [3.05, 3.63) is 12.2 Å². The van der Waals surface area contributed by atoms with Gasteiger partial charge in [0.05, 0.1) is 5.97 Å². The summed E-state index contributed by atoms with van der Waals surface area (Å²) in [6.07, 6.45) is 21.2. The van der Waals surface area contributed by atoms with Crippen LogP contribution in [0.5, 0.6) is 0 Å². The zero-order chi connectivity index (χ0) is 14.9. The summed E-state index contributed by atoms with van der Waals surface area (Å²) in [5.41, 5.74) is 0. The quantitative estimate of drug-likeness (QED) is 0.262. The molecule has 0 amide bonds. The molecule has 2 nitrogen and oxygen atoms in total. The van der Waals surface area contributed by atoms with Crippen molar-refractivity contribution in [1.29, 1.82) is 0 Å². The maximum absolute atomic E-state index is 10.1. The molecule has 0 aliphatic carbocycles. The van der Waals surface area contributed by atoms with E-state index >= 15 is 0 Å². The summed E-state index contributed by atoms with van der Waals surface area (Å²) < 4.78 is 0. The van der Waals surface area contributed by atoms with Crippen LogP contribution in [0.4, 0.5) is 0 Å². The van der Waals surface area contributed by atoms with Crippen LogP contribution in [0.15, 0.2) is 12.2 Å². The van der Waals surface area contributed by atoms with Gasteiger partial charge in [0.1, 0.15) is 0 Å². The number of rotatable bonds is 15. The first kappa shape index (κ1) is 24.1. The topological polar surface area (TPSA) is 40.1 Å². The third kappa shape index (κ3) is 23.2. The summed E-state index contributed by atoms with van der Waals surface area (Å²) >= 11 is 0. The molecule has 0 atom stereocenters. The van der Waals surface area contributed by atoms with E-state index in [1.807, 2.05) is 0 Å². The van der Waals surface area contributed by atoms with Gasteiger partial charge in [0.15, 0.2) is 0 Å². The molecule has 0 radical (unpaired) electrons. The second-order valence-electron chi connectivity index (χ2n) is 5.75. The molecular formula is C18H33KO2. The van der Waals surface area contributed by atoms with Crippen LogP contribution in [0.3, 0.4) is 0 Å². The molecule has 3 heteroatoms. The molecule has 0 unspecified atom stereocenters. The second-order valence-corrected chi connectivity index (χ2v) is 5.75. The fourth-order valence-corrected chi connectivity index (χ4v) is 2.46. The van der Waals surface area contributed by atoms with E-state index in [0.29, 0.717) is 0 Å². The molecule has 0 rings (SSSR count). The molecule has 0 spiro atoms. The molecule has 0 heterocycles. The Morgan fingerprint density at radius 3 is 1.52 bits per heavy atom. The number of carbonyl (C=O) groups excluding carboxylic acids is 1. The van der Waals surface area contributed by atoms with Gasteiger partial charge in [-0.25, -0.2) is 0 Å². The zero-order valence-corrected chi connectivity index (χ0v) is 17.5. The van der Waals surface area contributed by atoms with Crippen molar-refractivity contribution in [1.82, 2.24) is 0 Å². The van der Waals surface area contributed by atoms with Crippen LogP contribution in [0.25, 0.3) is 0 Å². The van der Waals surface area contributed by atoms with Crippen LogP contribution < -0.4 is 56.5 Å². The molecule has 118 valence electrons. The number of carbonyl (C=O) groups is 1. The minimum atomic E-state index is -1.08. The smallest absolute Gasteiger partial charge is 0.545 e. The Morgan fingerprint density at radius 1 is 0.762 bits per heavy atom. The molecule has 0 fully saturated rings. The number of carboxylic acids is 1. The van der Waals surface area contributed by atoms with Crippen molar-refractivity contribution < 1.29 is 61.3 Å². The molecule has 0 aliphatic rings. The standard InChI is InChI=1S/C18H34O2.K/c1-2-3-4-5-6-7-8-9-10-11-12-13-14-15-16-17-18(19)20;/h16-17H,2-15H2,1H3,(H,19,20);/q;+1/p-1. The molecule has 0 aromatic heterocycles. The Hall–Kier alpha value is 0.846. The van der Waals surface area contributed by atoms with Crippen LogP contribution in [0, 0.1) is 0 Å². The first-order valence-corrected chi connectivity index (χ1v) is 8.65. The van der Waals surface area contributed by atoms with Crippen molar-refractivity contribution in [3.63, 3.8) is 0 Å². The normalized spacial score (nSPS) is 10.7. The molecule has 0 aliphatic heterocycles. The molecule has 0 saturated heterocycles. The monoisotopic (exact) mass is 320 g/mol. The van der Waals surface area contributed by atoms with Gasteiger partial charge in [0.2, 0.25) is 0 Å². The molecule has 21 heavy (non-hydrogen) atoms. The van der Waals surface area contributed by atoms with Gasteiger partial charge >= 0.3 is 51.4 Å². The van der Waals surface area contributed by atoms with Gasteiger partial charge in [-0.1, -0.05) is 90.0 Å².